The van der Waals surface area contributed by atoms with Crippen LogP contribution in [0.15, 0.2) is 12.2 Å². The van der Waals surface area contributed by atoms with Crippen molar-refractivity contribution in [2.75, 3.05) is 19.8 Å². The molecule has 0 bridgehead atoms. The smallest absolute Gasteiger partial charge is 0.472 e. The normalized spacial score (nSPS) is 14.4. The van der Waals surface area contributed by atoms with Crippen LogP contribution in [0.2, 0.25) is 0 Å². The topological polar surface area (TPSA) is 172 Å². The minimum atomic E-state index is -4.68. The van der Waals surface area contributed by atoms with E-state index in [2.05, 4.69) is 23.6 Å². The van der Waals surface area contributed by atoms with Crippen LogP contribution in [0.5, 0.6) is 0 Å². The number of aliphatic carboxylic acids is 1. The molecule has 11 nitrogen and oxygen atoms in total. The molecule has 3 unspecified atom stereocenters. The zero-order valence-corrected chi connectivity index (χ0v) is 26.7. The number of hydrogen-bond acceptors (Lipinski definition) is 9. The molecule has 4 N–H and O–H groups in total. The number of nitrogens with two attached hydrogens (primary N) is 1. The van der Waals surface area contributed by atoms with Crippen molar-refractivity contribution in [3.05, 3.63) is 12.2 Å². The number of carbonyl (C=O) groups excluding carboxylic acids is 2. The van der Waals surface area contributed by atoms with Crippen LogP contribution in [0.25, 0.3) is 0 Å². The number of ether oxygens (including phenoxy) is 2. The predicted molar refractivity (Wildman–Crippen MR) is 162 cm³/mol. The van der Waals surface area contributed by atoms with Gasteiger partial charge in [0.1, 0.15) is 12.6 Å². The fourth-order valence-corrected chi connectivity index (χ4v) is 4.76. The summed E-state index contributed by atoms with van der Waals surface area (Å²) in [7, 11) is -4.68. The predicted octanol–water partition coefficient (Wildman–Crippen LogP) is 6.60. The van der Waals surface area contributed by atoms with Crippen LogP contribution in [0.4, 0.5) is 0 Å². The fourth-order valence-electron chi connectivity index (χ4n) is 3.98. The highest BCUT2D eigenvalue weighted by molar-refractivity contribution is 7.47. The number of esters is 2. The maximum Gasteiger partial charge on any atom is 0.472 e. The maximum absolute atomic E-state index is 12.3. The number of unbranched alkanes of at least 4 members (excludes halogenated alkanes) is 13. The van der Waals surface area contributed by atoms with E-state index >= 15 is 0 Å². The Morgan fingerprint density at radius 1 is 0.714 bits per heavy atom. The highest BCUT2D eigenvalue weighted by Crippen LogP contribution is 2.43. The number of allylic oxidation sites excluding steroid dienone is 2. The molecule has 0 aliphatic heterocycles. The fraction of sp³-hybridized carbons (Fsp3) is 0.833. The zero-order chi connectivity index (χ0) is 31.5. The van der Waals surface area contributed by atoms with Gasteiger partial charge in [-0.25, -0.2) is 4.57 Å². The van der Waals surface area contributed by atoms with Gasteiger partial charge in [-0.3, -0.25) is 23.4 Å². The molecule has 0 aromatic carbocycles. The van der Waals surface area contributed by atoms with E-state index in [1.54, 1.807) is 6.92 Å². The van der Waals surface area contributed by atoms with E-state index < -0.39 is 51.1 Å². The highest BCUT2D eigenvalue weighted by Gasteiger charge is 2.28. The number of carboxylic acid groups (broad SMARTS) is 1. The monoisotopic (exact) mass is 621 g/mol. The van der Waals surface area contributed by atoms with Gasteiger partial charge >= 0.3 is 25.7 Å². The first-order valence-corrected chi connectivity index (χ1v) is 17.2. The van der Waals surface area contributed by atoms with E-state index in [0.717, 1.165) is 25.7 Å². The Morgan fingerprint density at radius 3 is 1.79 bits per heavy atom. The lowest BCUT2D eigenvalue weighted by molar-refractivity contribution is -0.161. The van der Waals surface area contributed by atoms with Crippen LogP contribution < -0.4 is 5.73 Å². The van der Waals surface area contributed by atoms with Crippen LogP contribution >= 0.6 is 7.82 Å². The third-order valence-electron chi connectivity index (χ3n) is 6.48. The minimum Gasteiger partial charge on any atom is -0.480 e. The third kappa shape index (κ3) is 25.9. The minimum absolute atomic E-state index is 0.156. The first-order chi connectivity index (χ1) is 20.1. The van der Waals surface area contributed by atoms with Gasteiger partial charge in [-0.15, -0.1) is 0 Å². The highest BCUT2D eigenvalue weighted by atomic mass is 31.2. The summed E-state index contributed by atoms with van der Waals surface area (Å²) in [5, 5.41) is 8.75. The molecule has 0 radical (unpaired) electrons. The first-order valence-electron chi connectivity index (χ1n) is 15.7. The van der Waals surface area contributed by atoms with Crippen molar-refractivity contribution in [2.24, 2.45) is 5.73 Å². The SMILES string of the molecule is CCCCCCCC/C=C\CCCCCCCCCC(=O)OC(COC(=O)CCC)COP(=O)(O)OCC(N)C(=O)O. The van der Waals surface area contributed by atoms with Crippen molar-refractivity contribution >= 4 is 25.7 Å². The van der Waals surface area contributed by atoms with Crippen molar-refractivity contribution in [1.29, 1.82) is 0 Å². The van der Waals surface area contributed by atoms with E-state index in [1.807, 2.05) is 0 Å². The molecule has 42 heavy (non-hydrogen) atoms. The Balaban J connectivity index is 4.15. The number of rotatable bonds is 29. The molecule has 3 atom stereocenters. The second-order valence-electron chi connectivity index (χ2n) is 10.6. The second-order valence-corrected chi connectivity index (χ2v) is 12.0. The van der Waals surface area contributed by atoms with Gasteiger partial charge in [-0.05, 0) is 38.5 Å². The average Bonchev–Trinajstić information content (AvgIpc) is 2.95. The van der Waals surface area contributed by atoms with E-state index in [-0.39, 0.29) is 19.4 Å². The van der Waals surface area contributed by atoms with E-state index in [4.69, 9.17) is 24.8 Å². The van der Waals surface area contributed by atoms with Crippen molar-refractivity contribution in [1.82, 2.24) is 0 Å². The van der Waals surface area contributed by atoms with Crippen molar-refractivity contribution in [3.63, 3.8) is 0 Å². The first kappa shape index (κ1) is 40.2. The molecule has 0 aliphatic rings. The molecule has 0 aliphatic carbocycles. The molecule has 12 heteroatoms. The van der Waals surface area contributed by atoms with Crippen LogP contribution in [0.3, 0.4) is 0 Å². The second kappa shape index (κ2) is 26.8. The van der Waals surface area contributed by atoms with Crippen LogP contribution in [0.1, 0.15) is 129 Å². The van der Waals surface area contributed by atoms with Crippen molar-refractivity contribution in [2.45, 2.75) is 142 Å². The van der Waals surface area contributed by atoms with Gasteiger partial charge in [-0.2, -0.15) is 0 Å². The molecule has 0 saturated heterocycles. The molecule has 0 amide bonds. The van der Waals surface area contributed by atoms with E-state index in [0.29, 0.717) is 12.8 Å². The summed E-state index contributed by atoms with van der Waals surface area (Å²) in [6, 6.07) is -1.51. The van der Waals surface area contributed by atoms with Gasteiger partial charge in [0, 0.05) is 12.8 Å². The van der Waals surface area contributed by atoms with E-state index in [1.165, 1.54) is 64.2 Å². The largest absolute Gasteiger partial charge is 0.480 e. The number of carbonyl (C=O) groups is 3. The van der Waals surface area contributed by atoms with Gasteiger partial charge in [0.15, 0.2) is 6.10 Å². The molecular weight excluding hydrogens is 565 g/mol. The van der Waals surface area contributed by atoms with Gasteiger partial charge in [-0.1, -0.05) is 90.2 Å². The molecule has 0 fully saturated rings. The standard InChI is InChI=1S/C30H56NO10P/c1-3-5-6-7-8-9-10-11-12-13-14-15-16-17-18-19-20-22-29(33)41-26(23-38-28(32)21-4-2)24-39-42(36,37)40-25-27(31)30(34)35/h11-12,26-27H,3-10,13-25,31H2,1-2H3,(H,34,35)(H,36,37)/b12-11-. The molecule has 0 heterocycles. The maximum atomic E-state index is 12.3. The van der Waals surface area contributed by atoms with Crippen LogP contribution in [-0.2, 0) is 37.5 Å². The lowest BCUT2D eigenvalue weighted by Crippen LogP contribution is -2.34. The summed E-state index contributed by atoms with van der Waals surface area (Å²) >= 11 is 0. The summed E-state index contributed by atoms with van der Waals surface area (Å²) in [5.41, 5.74) is 5.25. The summed E-state index contributed by atoms with van der Waals surface area (Å²) in [6.45, 7) is 2.35. The molecule has 0 rings (SSSR count). The Kier molecular flexibility index (Phi) is 25.7. The number of phosphoric ester groups is 1. The molecule has 246 valence electrons. The Labute approximate surface area is 252 Å². The van der Waals surface area contributed by atoms with Gasteiger partial charge < -0.3 is 25.2 Å². The van der Waals surface area contributed by atoms with Crippen molar-refractivity contribution < 1.29 is 47.5 Å². The quantitative estimate of drug-likeness (QED) is 0.0355. The lowest BCUT2D eigenvalue weighted by atomic mass is 10.1. The van der Waals surface area contributed by atoms with Crippen molar-refractivity contribution in [3.8, 4) is 0 Å². The number of hydrogen-bond donors (Lipinski definition) is 3. The molecule has 0 aromatic heterocycles. The molecule has 0 saturated carbocycles. The van der Waals surface area contributed by atoms with Gasteiger partial charge in [0.2, 0.25) is 0 Å². The Hall–Kier alpha value is -1.78. The zero-order valence-electron chi connectivity index (χ0n) is 25.8. The Morgan fingerprint density at radius 2 is 1.24 bits per heavy atom. The third-order valence-corrected chi connectivity index (χ3v) is 7.43. The number of phosphoric acid groups is 1. The van der Waals surface area contributed by atoms with E-state index in [9.17, 15) is 23.8 Å². The lowest BCUT2D eigenvalue weighted by Gasteiger charge is -2.20. The molecular formula is C30H56NO10P. The summed E-state index contributed by atoms with van der Waals surface area (Å²) in [4.78, 5) is 44.6. The average molecular weight is 622 g/mol. The summed E-state index contributed by atoms with van der Waals surface area (Å²) in [6.07, 6.45) is 21.9. The molecule has 0 spiro atoms. The summed E-state index contributed by atoms with van der Waals surface area (Å²) in [5.74, 6) is -2.45. The Bertz CT molecular complexity index is 792. The van der Waals surface area contributed by atoms with Gasteiger partial charge in [0.25, 0.3) is 0 Å². The number of carboxylic acids is 1. The van der Waals surface area contributed by atoms with Gasteiger partial charge in [0.05, 0.1) is 13.2 Å². The van der Waals surface area contributed by atoms with Crippen LogP contribution in [0, 0.1) is 0 Å². The molecule has 0 aromatic rings. The van der Waals surface area contributed by atoms with Crippen LogP contribution in [-0.4, -0.2) is 59.9 Å². The summed E-state index contributed by atoms with van der Waals surface area (Å²) < 4.78 is 31.8.